The Morgan fingerprint density at radius 1 is 1.00 bits per heavy atom. The van der Waals surface area contributed by atoms with E-state index in [0.717, 1.165) is 17.7 Å². The number of aryl methyl sites for hydroxylation is 1. The maximum atomic E-state index is 13.5. The van der Waals surface area contributed by atoms with Crippen LogP contribution in [0.1, 0.15) is 26.3 Å². The summed E-state index contributed by atoms with van der Waals surface area (Å²) in [7, 11) is 0. The van der Waals surface area contributed by atoms with Crippen molar-refractivity contribution < 1.29 is 24.2 Å². The molecule has 4 nitrogen and oxygen atoms in total. The van der Waals surface area contributed by atoms with Crippen LogP contribution in [0.4, 0.5) is 4.39 Å². The Bertz CT molecular complexity index is 707. The number of halogens is 1. The minimum absolute atomic E-state index is 0.00642. The molecule has 0 radical (unpaired) electrons. The van der Waals surface area contributed by atoms with Crippen LogP contribution in [0.25, 0.3) is 11.1 Å². The lowest BCUT2D eigenvalue weighted by Gasteiger charge is -2.09. The van der Waals surface area contributed by atoms with Crippen molar-refractivity contribution in [2.45, 2.75) is 6.92 Å². The minimum atomic E-state index is -1.27. The van der Waals surface area contributed by atoms with Gasteiger partial charge in [0.2, 0.25) is 0 Å². The molecule has 2 N–H and O–H groups in total. The Morgan fingerprint density at radius 2 is 1.70 bits per heavy atom. The van der Waals surface area contributed by atoms with Crippen molar-refractivity contribution in [3.8, 4) is 11.1 Å². The summed E-state index contributed by atoms with van der Waals surface area (Å²) in [4.78, 5) is 22.2. The summed E-state index contributed by atoms with van der Waals surface area (Å²) in [6.07, 6.45) is 0. The van der Waals surface area contributed by atoms with Crippen LogP contribution < -0.4 is 0 Å². The van der Waals surface area contributed by atoms with E-state index in [1.54, 1.807) is 19.1 Å². The van der Waals surface area contributed by atoms with Crippen molar-refractivity contribution in [1.82, 2.24) is 0 Å². The number of carboxylic acids is 2. The summed E-state index contributed by atoms with van der Waals surface area (Å²) in [5.74, 6) is -3.14. The van der Waals surface area contributed by atoms with E-state index < -0.39 is 17.8 Å². The second-order valence-corrected chi connectivity index (χ2v) is 4.39. The zero-order valence-corrected chi connectivity index (χ0v) is 10.6. The highest BCUT2D eigenvalue weighted by Gasteiger charge is 2.15. The van der Waals surface area contributed by atoms with Gasteiger partial charge in [-0.2, -0.15) is 0 Å². The lowest BCUT2D eigenvalue weighted by Crippen LogP contribution is -2.02. The first-order valence-electron chi connectivity index (χ1n) is 5.76. The highest BCUT2D eigenvalue weighted by Crippen LogP contribution is 2.27. The van der Waals surface area contributed by atoms with E-state index in [4.69, 9.17) is 5.11 Å². The Balaban J connectivity index is 2.68. The quantitative estimate of drug-likeness (QED) is 0.901. The molecule has 0 spiro atoms. The van der Waals surface area contributed by atoms with Crippen molar-refractivity contribution in [3.05, 3.63) is 58.9 Å². The molecule has 0 saturated carbocycles. The van der Waals surface area contributed by atoms with Gasteiger partial charge in [-0.05, 0) is 42.3 Å². The minimum Gasteiger partial charge on any atom is -0.478 e. The van der Waals surface area contributed by atoms with Crippen molar-refractivity contribution >= 4 is 11.9 Å². The molecule has 2 rings (SSSR count). The summed E-state index contributed by atoms with van der Waals surface area (Å²) in [6, 6.07) is 7.95. The number of carboxylic acid groups (broad SMARTS) is 2. The highest BCUT2D eigenvalue weighted by atomic mass is 19.1. The maximum Gasteiger partial charge on any atom is 0.336 e. The van der Waals surface area contributed by atoms with Crippen molar-refractivity contribution in [3.63, 3.8) is 0 Å². The largest absolute Gasteiger partial charge is 0.478 e. The number of aromatic carboxylic acids is 2. The first-order valence-corrected chi connectivity index (χ1v) is 5.76. The van der Waals surface area contributed by atoms with Crippen molar-refractivity contribution in [1.29, 1.82) is 0 Å². The van der Waals surface area contributed by atoms with Gasteiger partial charge in [0.15, 0.2) is 0 Å². The van der Waals surface area contributed by atoms with Crippen LogP contribution in [0.2, 0.25) is 0 Å². The van der Waals surface area contributed by atoms with Crippen LogP contribution >= 0.6 is 0 Å². The zero-order chi connectivity index (χ0) is 14.9. The Labute approximate surface area is 114 Å². The molecule has 0 aromatic heterocycles. The van der Waals surface area contributed by atoms with Gasteiger partial charge in [0.05, 0.1) is 11.1 Å². The predicted octanol–water partition coefficient (Wildman–Crippen LogP) is 3.20. The van der Waals surface area contributed by atoms with Gasteiger partial charge in [0.1, 0.15) is 5.82 Å². The second kappa shape index (κ2) is 5.13. The second-order valence-electron chi connectivity index (χ2n) is 4.39. The summed E-state index contributed by atoms with van der Waals surface area (Å²) < 4.78 is 13.5. The Morgan fingerprint density at radius 3 is 2.30 bits per heavy atom. The fourth-order valence-electron chi connectivity index (χ4n) is 1.96. The van der Waals surface area contributed by atoms with Gasteiger partial charge < -0.3 is 10.2 Å². The molecule has 0 aliphatic rings. The number of carbonyl (C=O) groups is 2. The average Bonchev–Trinajstić information content (AvgIpc) is 2.37. The van der Waals surface area contributed by atoms with Gasteiger partial charge in [-0.25, -0.2) is 14.0 Å². The van der Waals surface area contributed by atoms with Crippen molar-refractivity contribution in [2.75, 3.05) is 0 Å². The van der Waals surface area contributed by atoms with Gasteiger partial charge in [-0.1, -0.05) is 17.7 Å². The molecular formula is C15H11FO4. The average molecular weight is 274 g/mol. The molecule has 0 unspecified atom stereocenters. The lowest BCUT2D eigenvalue weighted by atomic mass is 9.96. The van der Waals surface area contributed by atoms with E-state index in [0.29, 0.717) is 0 Å². The third-order valence-electron chi connectivity index (χ3n) is 2.86. The third kappa shape index (κ3) is 2.66. The predicted molar refractivity (Wildman–Crippen MR) is 70.5 cm³/mol. The molecule has 0 bridgehead atoms. The van der Waals surface area contributed by atoms with Crippen LogP contribution in [-0.4, -0.2) is 22.2 Å². The van der Waals surface area contributed by atoms with E-state index in [-0.39, 0.29) is 22.3 Å². The van der Waals surface area contributed by atoms with E-state index in [1.807, 2.05) is 0 Å². The summed E-state index contributed by atoms with van der Waals surface area (Å²) in [5, 5.41) is 18.1. The van der Waals surface area contributed by atoms with Gasteiger partial charge in [-0.3, -0.25) is 0 Å². The van der Waals surface area contributed by atoms with Gasteiger partial charge in [-0.15, -0.1) is 0 Å². The normalized spacial score (nSPS) is 10.3. The van der Waals surface area contributed by atoms with E-state index >= 15 is 0 Å². The number of hydrogen-bond donors (Lipinski definition) is 2. The molecular weight excluding hydrogens is 263 g/mol. The molecule has 0 aliphatic heterocycles. The van der Waals surface area contributed by atoms with Crippen LogP contribution in [0.15, 0.2) is 36.4 Å². The molecule has 0 saturated heterocycles. The lowest BCUT2D eigenvalue weighted by molar-refractivity contribution is 0.0687. The number of rotatable bonds is 3. The Hall–Kier alpha value is -2.69. The van der Waals surface area contributed by atoms with Gasteiger partial charge in [0, 0.05) is 0 Å². The molecule has 102 valence electrons. The first-order chi connectivity index (χ1) is 9.38. The first kappa shape index (κ1) is 13.7. The van der Waals surface area contributed by atoms with Crippen LogP contribution in [0.3, 0.4) is 0 Å². The molecule has 0 heterocycles. The molecule has 20 heavy (non-hydrogen) atoms. The zero-order valence-electron chi connectivity index (χ0n) is 10.6. The van der Waals surface area contributed by atoms with Crippen molar-refractivity contribution in [2.24, 2.45) is 0 Å². The number of benzene rings is 2. The summed E-state index contributed by atoms with van der Waals surface area (Å²) in [6.45, 7) is 1.74. The summed E-state index contributed by atoms with van der Waals surface area (Å²) in [5.41, 5.74) is 1.04. The van der Waals surface area contributed by atoms with Crippen LogP contribution in [0.5, 0.6) is 0 Å². The standard InChI is InChI=1S/C15H11FO4/c1-8-2-3-12(13(4-8)15(19)20)9-5-10(14(17)18)7-11(16)6-9/h2-7H,1H3,(H,17,18)(H,19,20). The van der Waals surface area contributed by atoms with E-state index in [1.165, 1.54) is 12.1 Å². The fraction of sp³-hybridized carbons (Fsp3) is 0.0667. The Kier molecular flexibility index (Phi) is 3.52. The topological polar surface area (TPSA) is 74.6 Å². The molecule has 5 heteroatoms. The molecule has 2 aromatic carbocycles. The molecule has 0 aliphatic carbocycles. The third-order valence-corrected chi connectivity index (χ3v) is 2.86. The van der Waals surface area contributed by atoms with E-state index in [9.17, 15) is 19.1 Å². The maximum absolute atomic E-state index is 13.5. The van der Waals surface area contributed by atoms with Gasteiger partial charge in [0.25, 0.3) is 0 Å². The van der Waals surface area contributed by atoms with Gasteiger partial charge >= 0.3 is 11.9 Å². The fourth-order valence-corrected chi connectivity index (χ4v) is 1.96. The molecule has 0 amide bonds. The SMILES string of the molecule is Cc1ccc(-c2cc(F)cc(C(=O)O)c2)c(C(=O)O)c1. The van der Waals surface area contributed by atoms with Crippen LogP contribution in [-0.2, 0) is 0 Å². The number of hydrogen-bond acceptors (Lipinski definition) is 2. The van der Waals surface area contributed by atoms with E-state index in [2.05, 4.69) is 0 Å². The molecule has 0 fully saturated rings. The molecule has 2 aromatic rings. The highest BCUT2D eigenvalue weighted by molar-refractivity contribution is 5.97. The van der Waals surface area contributed by atoms with Crippen LogP contribution in [0, 0.1) is 12.7 Å². The molecule has 0 atom stereocenters. The summed E-state index contributed by atoms with van der Waals surface area (Å²) >= 11 is 0. The smallest absolute Gasteiger partial charge is 0.336 e. The monoisotopic (exact) mass is 274 g/mol.